The van der Waals surface area contributed by atoms with E-state index in [1.165, 1.54) is 22.9 Å². The van der Waals surface area contributed by atoms with Gasteiger partial charge in [0.1, 0.15) is 29.6 Å². The van der Waals surface area contributed by atoms with Crippen LogP contribution in [-0.2, 0) is 13.7 Å². The number of aryl methyl sites for hydroxylation is 1. The second-order valence-electron chi connectivity index (χ2n) is 9.51. The topological polar surface area (TPSA) is 99.6 Å². The lowest BCUT2D eigenvalue weighted by Gasteiger charge is -2.13. The third-order valence-corrected chi connectivity index (χ3v) is 6.76. The van der Waals surface area contributed by atoms with Gasteiger partial charge in [-0.15, -0.1) is 13.2 Å². The van der Waals surface area contributed by atoms with Crippen LogP contribution < -0.4 is 9.47 Å². The van der Waals surface area contributed by atoms with Gasteiger partial charge in [-0.2, -0.15) is 5.10 Å². The van der Waals surface area contributed by atoms with Crippen molar-refractivity contribution in [1.82, 2.24) is 14.9 Å². The molecule has 40 heavy (non-hydrogen) atoms. The number of alkyl halides is 3. The number of hydrogen-bond acceptors (Lipinski definition) is 6. The first-order valence-corrected chi connectivity index (χ1v) is 12.4. The number of fused-ring (bicyclic) bond motifs is 1. The van der Waals surface area contributed by atoms with Gasteiger partial charge >= 0.3 is 12.3 Å². The fraction of sp³-hybridized carbons (Fsp3) is 0.207. The summed E-state index contributed by atoms with van der Waals surface area (Å²) in [4.78, 5) is 11.5. The molecule has 1 aliphatic rings. The molecule has 0 amide bonds. The molecular formula is C29H22F3N3O5. The van der Waals surface area contributed by atoms with E-state index in [-0.39, 0.29) is 35.2 Å². The van der Waals surface area contributed by atoms with Crippen LogP contribution >= 0.6 is 0 Å². The van der Waals surface area contributed by atoms with E-state index < -0.39 is 12.3 Å². The summed E-state index contributed by atoms with van der Waals surface area (Å²) in [6.45, 7) is 0.0449. The lowest BCUT2D eigenvalue weighted by atomic mass is 10.0. The zero-order valence-corrected chi connectivity index (χ0v) is 21.1. The zero-order valence-electron chi connectivity index (χ0n) is 21.1. The maximum Gasteiger partial charge on any atom is 0.573 e. The van der Waals surface area contributed by atoms with Gasteiger partial charge in [-0.05, 0) is 60.4 Å². The van der Waals surface area contributed by atoms with Gasteiger partial charge in [0.2, 0.25) is 0 Å². The number of carbonyl (C=O) groups is 1. The van der Waals surface area contributed by atoms with E-state index in [0.29, 0.717) is 28.0 Å². The van der Waals surface area contributed by atoms with Crippen LogP contribution in [0.15, 0.2) is 71.3 Å². The Morgan fingerprint density at radius 2 is 1.80 bits per heavy atom. The minimum atomic E-state index is -4.85. The van der Waals surface area contributed by atoms with E-state index in [0.717, 1.165) is 24.0 Å². The number of ether oxygens (including phenoxy) is 2. The van der Waals surface area contributed by atoms with Gasteiger partial charge < -0.3 is 19.1 Å². The molecule has 1 N–H and O–H groups in total. The highest BCUT2D eigenvalue weighted by Crippen LogP contribution is 2.45. The van der Waals surface area contributed by atoms with E-state index in [1.54, 1.807) is 31.3 Å². The average molecular weight is 550 g/mol. The number of hydrogen-bond donors (Lipinski definition) is 1. The third-order valence-electron chi connectivity index (χ3n) is 6.76. The van der Waals surface area contributed by atoms with Crippen LogP contribution in [0.1, 0.15) is 40.6 Å². The third kappa shape index (κ3) is 4.97. The molecular weight excluding hydrogens is 527 g/mol. The number of carboxylic acid groups (broad SMARTS) is 1. The number of nitrogens with zero attached hydrogens (tertiary/aromatic N) is 3. The highest BCUT2D eigenvalue weighted by Gasteiger charge is 2.35. The molecule has 2 aromatic heterocycles. The molecule has 1 saturated carbocycles. The van der Waals surface area contributed by atoms with Gasteiger partial charge in [0.05, 0.1) is 11.1 Å². The van der Waals surface area contributed by atoms with Gasteiger partial charge in [0, 0.05) is 23.9 Å². The molecule has 0 aliphatic heterocycles. The molecule has 2 heterocycles. The first-order chi connectivity index (χ1) is 19.2. The molecule has 0 radical (unpaired) electrons. The van der Waals surface area contributed by atoms with Crippen LogP contribution in [0.5, 0.6) is 11.5 Å². The number of rotatable bonds is 8. The Balaban J connectivity index is 1.25. The monoisotopic (exact) mass is 549 g/mol. The van der Waals surface area contributed by atoms with Crippen LogP contribution in [0, 0.1) is 0 Å². The summed E-state index contributed by atoms with van der Waals surface area (Å²) < 4.78 is 56.4. The van der Waals surface area contributed by atoms with E-state index in [9.17, 15) is 23.1 Å². The van der Waals surface area contributed by atoms with Crippen molar-refractivity contribution in [3.8, 4) is 33.9 Å². The summed E-state index contributed by atoms with van der Waals surface area (Å²) in [5, 5.41) is 18.1. The van der Waals surface area contributed by atoms with Crippen molar-refractivity contribution in [1.29, 1.82) is 0 Å². The smallest absolute Gasteiger partial charge is 0.489 e. The van der Waals surface area contributed by atoms with Crippen molar-refractivity contribution in [2.75, 3.05) is 0 Å². The Bertz CT molecular complexity index is 1720. The van der Waals surface area contributed by atoms with Crippen molar-refractivity contribution < 1.29 is 37.1 Å². The molecule has 0 bridgehead atoms. The summed E-state index contributed by atoms with van der Waals surface area (Å²) in [5.41, 5.74) is 3.45. The molecule has 0 atom stereocenters. The number of halogens is 3. The van der Waals surface area contributed by atoms with Crippen molar-refractivity contribution in [2.24, 2.45) is 7.05 Å². The molecule has 204 valence electrons. The Labute approximate surface area is 225 Å². The second kappa shape index (κ2) is 9.74. The zero-order chi connectivity index (χ0) is 28.0. The molecule has 5 aromatic rings. The summed E-state index contributed by atoms with van der Waals surface area (Å²) in [7, 11) is 1.69. The highest BCUT2D eigenvalue weighted by molar-refractivity contribution is 6.02. The predicted octanol–water partition coefficient (Wildman–Crippen LogP) is 6.95. The lowest BCUT2D eigenvalue weighted by Crippen LogP contribution is -2.17. The number of aromatic nitrogens is 3. The number of carboxylic acids is 1. The molecule has 0 spiro atoms. The fourth-order valence-electron chi connectivity index (χ4n) is 4.71. The number of para-hydroxylation sites is 1. The maximum atomic E-state index is 13.0. The van der Waals surface area contributed by atoms with Gasteiger partial charge in [0.25, 0.3) is 0 Å². The van der Waals surface area contributed by atoms with Gasteiger partial charge in [-0.3, -0.25) is 4.68 Å². The molecule has 1 fully saturated rings. The van der Waals surface area contributed by atoms with Gasteiger partial charge in [-0.1, -0.05) is 35.5 Å². The van der Waals surface area contributed by atoms with E-state index >= 15 is 0 Å². The van der Waals surface area contributed by atoms with Crippen molar-refractivity contribution in [3.05, 3.63) is 83.7 Å². The largest absolute Gasteiger partial charge is 0.573 e. The summed E-state index contributed by atoms with van der Waals surface area (Å²) in [6, 6.07) is 18.6. The van der Waals surface area contributed by atoms with Gasteiger partial charge in [-0.25, -0.2) is 4.79 Å². The molecule has 11 heteroatoms. The lowest BCUT2D eigenvalue weighted by molar-refractivity contribution is -0.274. The van der Waals surface area contributed by atoms with Crippen LogP contribution in [0.4, 0.5) is 13.2 Å². The highest BCUT2D eigenvalue weighted by atomic mass is 19.4. The molecule has 0 saturated heterocycles. The van der Waals surface area contributed by atoms with Crippen LogP contribution in [0.2, 0.25) is 0 Å². The minimum Gasteiger partial charge on any atom is -0.489 e. The standard InChI is InChI=1S/C29H22F3N3O5/c1-35-23-14-18(10-13-20(23)26(33-35)28(36)37)16-8-11-19(12-9-16)38-15-22-25(34-40-27(22)17-6-7-17)21-4-2-3-5-24(21)39-29(30,31)32/h2-5,8-14,17H,6-7,15H2,1H3,(H,36,37). The first-order valence-electron chi connectivity index (χ1n) is 12.4. The van der Waals surface area contributed by atoms with Crippen LogP contribution in [0.25, 0.3) is 33.3 Å². The number of benzene rings is 3. The molecule has 8 nitrogen and oxygen atoms in total. The predicted molar refractivity (Wildman–Crippen MR) is 138 cm³/mol. The summed E-state index contributed by atoms with van der Waals surface area (Å²) >= 11 is 0. The molecule has 0 unspecified atom stereocenters. The van der Waals surface area contributed by atoms with Crippen LogP contribution in [0.3, 0.4) is 0 Å². The Morgan fingerprint density at radius 1 is 1.07 bits per heavy atom. The van der Waals surface area contributed by atoms with Crippen LogP contribution in [-0.4, -0.2) is 32.4 Å². The van der Waals surface area contributed by atoms with E-state index in [4.69, 9.17) is 9.26 Å². The van der Waals surface area contributed by atoms with Crippen molar-refractivity contribution in [3.63, 3.8) is 0 Å². The average Bonchev–Trinajstić information content (AvgIpc) is 3.60. The van der Waals surface area contributed by atoms with Crippen molar-refractivity contribution in [2.45, 2.75) is 31.7 Å². The second-order valence-corrected chi connectivity index (χ2v) is 9.51. The normalized spacial score (nSPS) is 13.5. The van der Waals surface area contributed by atoms with Crippen molar-refractivity contribution >= 4 is 16.9 Å². The van der Waals surface area contributed by atoms with E-state index in [2.05, 4.69) is 15.0 Å². The number of aromatic carboxylic acids is 1. The Kier molecular flexibility index (Phi) is 6.21. The minimum absolute atomic E-state index is 0.000868. The first kappa shape index (κ1) is 25.5. The summed E-state index contributed by atoms with van der Waals surface area (Å²) in [5.74, 6) is -0.137. The maximum absolute atomic E-state index is 13.0. The molecule has 6 rings (SSSR count). The Morgan fingerprint density at radius 3 is 2.50 bits per heavy atom. The fourth-order valence-corrected chi connectivity index (χ4v) is 4.71. The van der Waals surface area contributed by atoms with E-state index in [1.807, 2.05) is 24.3 Å². The molecule has 3 aromatic carbocycles. The van der Waals surface area contributed by atoms with Gasteiger partial charge in [0.15, 0.2) is 5.69 Å². The molecule has 1 aliphatic carbocycles. The SMILES string of the molecule is Cn1nc(C(=O)O)c2ccc(-c3ccc(OCc4c(-c5ccccc5OC(F)(F)F)noc4C4CC4)cc3)cc21. The Hall–Kier alpha value is -4.80. The summed E-state index contributed by atoms with van der Waals surface area (Å²) in [6.07, 6.45) is -3.03. The quantitative estimate of drug-likeness (QED) is 0.224.